The lowest BCUT2D eigenvalue weighted by atomic mass is 9.39. The van der Waals surface area contributed by atoms with E-state index in [1.54, 1.807) is 6.92 Å². The zero-order valence-electron chi connectivity index (χ0n) is 26.1. The van der Waals surface area contributed by atoms with Crippen LogP contribution in [0.1, 0.15) is 106 Å². The molecule has 6 aliphatic rings. The van der Waals surface area contributed by atoms with Crippen LogP contribution >= 0.6 is 0 Å². The van der Waals surface area contributed by atoms with Crippen molar-refractivity contribution in [3.8, 4) is 0 Å². The van der Waals surface area contributed by atoms with E-state index in [2.05, 4.69) is 46.8 Å². The van der Waals surface area contributed by atoms with Gasteiger partial charge in [-0.25, -0.2) is 9.59 Å². The lowest BCUT2D eigenvalue weighted by molar-refractivity contribution is -0.168. The third kappa shape index (κ3) is 3.57. The Bertz CT molecular complexity index is 1270. The van der Waals surface area contributed by atoms with Gasteiger partial charge >= 0.3 is 17.9 Å². The van der Waals surface area contributed by atoms with Crippen molar-refractivity contribution in [2.45, 2.75) is 118 Å². The third-order valence-electron chi connectivity index (χ3n) is 12.5. The highest BCUT2D eigenvalue weighted by Gasteiger charge is 2.82. The first-order valence-corrected chi connectivity index (χ1v) is 16.1. The van der Waals surface area contributed by atoms with E-state index in [0.29, 0.717) is 48.2 Å². The van der Waals surface area contributed by atoms with Crippen LogP contribution in [0.2, 0.25) is 0 Å². The van der Waals surface area contributed by atoms with E-state index >= 15 is 0 Å². The van der Waals surface area contributed by atoms with E-state index in [1.807, 2.05) is 0 Å². The van der Waals surface area contributed by atoms with E-state index in [4.69, 9.17) is 14.2 Å². The van der Waals surface area contributed by atoms with Crippen LogP contribution in [0, 0.1) is 39.4 Å². The number of hydrogen-bond acceptors (Lipinski definition) is 6. The molecular weight excluding hydrogens is 516 g/mol. The number of hydrogen-bond donors (Lipinski definition) is 0. The summed E-state index contributed by atoms with van der Waals surface area (Å²) < 4.78 is 17.8. The standard InChI is InChI=1S/C35H48O6/c1-8-39-30(37)28-29-31(38)41-27-19-32(6)24(21(4)11-9-10-20(2)3)12-13-25(32)26-15-17-34(28)18-23(40-22(5)36)14-16-33(34,7)35(26,27)29/h13,15,20-21,23-24,27H,8-12,14,16-19H2,1-7H3/t21-,23+,24-,27+,32-,33+,34+,35-/m1/s1. The fourth-order valence-corrected chi connectivity index (χ4v) is 10.8. The first-order chi connectivity index (χ1) is 19.4. The van der Waals surface area contributed by atoms with Crippen molar-refractivity contribution in [3.63, 3.8) is 0 Å². The molecule has 0 aromatic heterocycles. The fraction of sp³-hybridized carbons (Fsp3) is 0.743. The van der Waals surface area contributed by atoms with Crippen LogP contribution in [0.15, 0.2) is 34.4 Å². The summed E-state index contributed by atoms with van der Waals surface area (Å²) >= 11 is 0. The average molecular weight is 565 g/mol. The first-order valence-electron chi connectivity index (χ1n) is 16.1. The highest BCUT2D eigenvalue weighted by atomic mass is 16.6. The molecule has 1 saturated heterocycles. The minimum atomic E-state index is -0.674. The number of carbonyl (C=O) groups excluding carboxylic acids is 3. The zero-order chi connectivity index (χ0) is 29.5. The number of esters is 3. The summed E-state index contributed by atoms with van der Waals surface area (Å²) in [6.45, 7) is 15.2. The van der Waals surface area contributed by atoms with Crippen molar-refractivity contribution in [2.75, 3.05) is 6.61 Å². The van der Waals surface area contributed by atoms with E-state index in [-0.39, 0.29) is 36.2 Å². The SMILES string of the molecule is CCOC(=O)C1=C2C(=O)O[C@H]3C[C@@]4(C)C(=CC[C@@H]4[C@H](C)CCCC(C)C)C4=CC[C@]15C[C@@H](OC(C)=O)CC[C@]5(C)[C@@]423. The van der Waals surface area contributed by atoms with Crippen molar-refractivity contribution >= 4 is 17.9 Å². The highest BCUT2D eigenvalue weighted by molar-refractivity contribution is 6.07. The van der Waals surface area contributed by atoms with Crippen LogP contribution in [0.4, 0.5) is 0 Å². The van der Waals surface area contributed by atoms with Gasteiger partial charge in [0.2, 0.25) is 0 Å². The molecule has 41 heavy (non-hydrogen) atoms. The van der Waals surface area contributed by atoms with Crippen molar-refractivity contribution in [1.82, 2.24) is 0 Å². The summed E-state index contributed by atoms with van der Waals surface area (Å²) in [5.74, 6) is 0.722. The van der Waals surface area contributed by atoms with Crippen molar-refractivity contribution in [2.24, 2.45) is 39.4 Å². The molecule has 0 unspecified atom stereocenters. The number of carbonyl (C=O) groups is 3. The lowest BCUT2D eigenvalue weighted by Gasteiger charge is -2.64. The monoisotopic (exact) mass is 564 g/mol. The molecule has 6 heteroatoms. The van der Waals surface area contributed by atoms with Crippen LogP contribution in [0.3, 0.4) is 0 Å². The summed E-state index contributed by atoms with van der Waals surface area (Å²) in [7, 11) is 0. The van der Waals surface area contributed by atoms with Gasteiger partial charge in [0.15, 0.2) is 0 Å². The van der Waals surface area contributed by atoms with Gasteiger partial charge in [-0.1, -0.05) is 66.0 Å². The van der Waals surface area contributed by atoms with Gasteiger partial charge in [0.05, 0.1) is 23.2 Å². The van der Waals surface area contributed by atoms with Crippen molar-refractivity contribution in [3.05, 3.63) is 34.4 Å². The molecule has 0 amide bonds. The maximum atomic E-state index is 14.0. The molecule has 1 aliphatic heterocycles. The Balaban J connectivity index is 1.47. The summed E-state index contributed by atoms with van der Waals surface area (Å²) in [6.07, 6.45) is 12.4. The average Bonchev–Trinajstić information content (AvgIpc) is 3.39. The van der Waals surface area contributed by atoms with Crippen molar-refractivity contribution < 1.29 is 28.6 Å². The van der Waals surface area contributed by atoms with E-state index in [9.17, 15) is 14.4 Å². The predicted molar refractivity (Wildman–Crippen MR) is 155 cm³/mol. The molecule has 8 atom stereocenters. The second kappa shape index (κ2) is 9.57. The molecular formula is C35H48O6. The number of ether oxygens (including phenoxy) is 3. The largest absolute Gasteiger partial charge is 0.463 e. The minimum absolute atomic E-state index is 0.0767. The molecule has 3 fully saturated rings. The maximum Gasteiger partial charge on any atom is 0.335 e. The van der Waals surface area contributed by atoms with Crippen molar-refractivity contribution in [1.29, 1.82) is 0 Å². The Hall–Kier alpha value is -2.37. The minimum Gasteiger partial charge on any atom is -0.463 e. The zero-order valence-corrected chi connectivity index (χ0v) is 26.1. The molecule has 6 nitrogen and oxygen atoms in total. The normalized spacial score (nSPS) is 40.8. The Labute approximate surface area is 245 Å². The Morgan fingerprint density at radius 2 is 1.85 bits per heavy atom. The molecule has 0 aromatic carbocycles. The molecule has 6 rings (SSSR count). The van der Waals surface area contributed by atoms with E-state index < -0.39 is 22.2 Å². The van der Waals surface area contributed by atoms with Crippen LogP contribution < -0.4 is 0 Å². The highest BCUT2D eigenvalue weighted by Crippen LogP contribution is 2.83. The van der Waals surface area contributed by atoms with E-state index in [1.165, 1.54) is 37.3 Å². The summed E-state index contributed by atoms with van der Waals surface area (Å²) in [4.78, 5) is 39.9. The Morgan fingerprint density at radius 1 is 1.10 bits per heavy atom. The second-order valence-corrected chi connectivity index (χ2v) is 14.8. The molecule has 224 valence electrons. The first kappa shape index (κ1) is 28.7. The van der Waals surface area contributed by atoms with Gasteiger partial charge in [-0.2, -0.15) is 0 Å². The number of rotatable bonds is 8. The fourth-order valence-electron chi connectivity index (χ4n) is 10.8. The molecule has 0 N–H and O–H groups in total. The lowest BCUT2D eigenvalue weighted by Crippen LogP contribution is -2.61. The smallest absolute Gasteiger partial charge is 0.335 e. The van der Waals surface area contributed by atoms with Gasteiger partial charge < -0.3 is 14.2 Å². The van der Waals surface area contributed by atoms with E-state index in [0.717, 1.165) is 19.3 Å². The molecule has 5 aliphatic carbocycles. The summed E-state index contributed by atoms with van der Waals surface area (Å²) in [6, 6.07) is 0. The van der Waals surface area contributed by atoms with Gasteiger partial charge in [-0.15, -0.1) is 0 Å². The van der Waals surface area contributed by atoms with Gasteiger partial charge in [0, 0.05) is 12.3 Å². The molecule has 2 bridgehead atoms. The molecule has 0 aromatic rings. The van der Waals surface area contributed by atoms with Crippen LogP contribution in [-0.2, 0) is 28.6 Å². The van der Waals surface area contributed by atoms with Gasteiger partial charge in [0.1, 0.15) is 12.2 Å². The van der Waals surface area contributed by atoms with Gasteiger partial charge in [-0.05, 0) is 85.2 Å². The Kier molecular flexibility index (Phi) is 6.71. The third-order valence-corrected chi connectivity index (χ3v) is 12.5. The van der Waals surface area contributed by atoms with Crippen LogP contribution in [-0.4, -0.2) is 36.7 Å². The number of allylic oxidation sites excluding steroid dienone is 3. The second-order valence-electron chi connectivity index (χ2n) is 14.8. The van der Waals surface area contributed by atoms with Gasteiger partial charge in [0.25, 0.3) is 0 Å². The summed E-state index contributed by atoms with van der Waals surface area (Å²) in [5, 5.41) is 0. The summed E-state index contributed by atoms with van der Waals surface area (Å²) in [5.41, 5.74) is 1.86. The molecule has 1 spiro atoms. The predicted octanol–water partition coefficient (Wildman–Crippen LogP) is 7.03. The van der Waals surface area contributed by atoms with Gasteiger partial charge in [-0.3, -0.25) is 4.79 Å². The molecule has 0 radical (unpaired) electrons. The number of fused-ring (bicyclic) bond motifs is 2. The molecule has 2 saturated carbocycles. The molecule has 1 heterocycles. The maximum absolute atomic E-state index is 14.0. The van der Waals surface area contributed by atoms with Crippen LogP contribution in [0.5, 0.6) is 0 Å². The topological polar surface area (TPSA) is 78.9 Å². The quantitative estimate of drug-likeness (QED) is 0.233. The Morgan fingerprint density at radius 3 is 2.54 bits per heavy atom. The van der Waals surface area contributed by atoms with Crippen LogP contribution in [0.25, 0.3) is 0 Å².